The average Bonchev–Trinajstić information content (AvgIpc) is 2.77. The lowest BCUT2D eigenvalue weighted by atomic mass is 10.1. The van der Waals surface area contributed by atoms with Crippen LogP contribution in [0.5, 0.6) is 0 Å². The van der Waals surface area contributed by atoms with Gasteiger partial charge in [0.05, 0.1) is 13.2 Å². The van der Waals surface area contributed by atoms with Crippen molar-refractivity contribution in [3.8, 4) is 0 Å². The van der Waals surface area contributed by atoms with Crippen molar-refractivity contribution in [2.24, 2.45) is 4.99 Å². The number of nitrogens with zero attached hydrogens (tertiary/aromatic N) is 1. The highest BCUT2D eigenvalue weighted by Crippen LogP contribution is 2.21. The van der Waals surface area contributed by atoms with Crippen molar-refractivity contribution < 1.29 is 9.53 Å². The molecule has 0 saturated heterocycles. The quantitative estimate of drug-likeness (QED) is 0.761. The molecule has 1 aromatic rings. The molecule has 1 unspecified atom stereocenters. The van der Waals surface area contributed by atoms with Crippen molar-refractivity contribution in [1.29, 1.82) is 0 Å². The molecule has 0 fully saturated rings. The maximum absolute atomic E-state index is 11.0. The first-order chi connectivity index (χ1) is 8.19. The number of benzene rings is 1. The van der Waals surface area contributed by atoms with Crippen LogP contribution >= 0.6 is 22.6 Å². The number of ether oxygens (including phenoxy) is 1. The van der Waals surface area contributed by atoms with E-state index in [-0.39, 0.29) is 6.04 Å². The van der Waals surface area contributed by atoms with Crippen LogP contribution in [0.25, 0.3) is 0 Å². The summed E-state index contributed by atoms with van der Waals surface area (Å²) in [5.74, 6) is 0.459. The Labute approximate surface area is 113 Å². The molecule has 6 heteroatoms. The Kier molecular flexibility index (Phi) is 3.82. The molecule has 1 aromatic carbocycles. The summed E-state index contributed by atoms with van der Waals surface area (Å²) in [6, 6.07) is 8.18. The van der Waals surface area contributed by atoms with Gasteiger partial charge in [0.25, 0.3) is 0 Å². The highest BCUT2D eigenvalue weighted by Gasteiger charge is 2.19. The van der Waals surface area contributed by atoms with E-state index < -0.39 is 6.09 Å². The maximum atomic E-state index is 11.0. The van der Waals surface area contributed by atoms with Crippen LogP contribution in [0.15, 0.2) is 29.3 Å². The Balaban J connectivity index is 2.08. The zero-order valence-electron chi connectivity index (χ0n) is 9.24. The summed E-state index contributed by atoms with van der Waals surface area (Å²) < 4.78 is 5.67. The van der Waals surface area contributed by atoms with Crippen molar-refractivity contribution in [3.05, 3.63) is 33.4 Å². The third-order valence-corrected chi connectivity index (χ3v) is 3.06. The minimum atomic E-state index is -0.514. The van der Waals surface area contributed by atoms with Gasteiger partial charge in [-0.05, 0) is 40.3 Å². The van der Waals surface area contributed by atoms with E-state index in [9.17, 15) is 4.79 Å². The molecule has 5 nitrogen and oxygen atoms in total. The SMILES string of the molecule is COC(=O)NC1=NC(c2cccc(I)c2)CN1. The molecule has 0 radical (unpaired) electrons. The first-order valence-corrected chi connectivity index (χ1v) is 6.19. The zero-order chi connectivity index (χ0) is 12.3. The number of guanidine groups is 1. The summed E-state index contributed by atoms with van der Waals surface area (Å²) in [4.78, 5) is 15.4. The van der Waals surface area contributed by atoms with Crippen molar-refractivity contribution >= 4 is 34.6 Å². The predicted molar refractivity (Wildman–Crippen MR) is 72.9 cm³/mol. The highest BCUT2D eigenvalue weighted by molar-refractivity contribution is 14.1. The summed E-state index contributed by atoms with van der Waals surface area (Å²) in [5.41, 5.74) is 1.13. The third-order valence-electron chi connectivity index (χ3n) is 2.39. The van der Waals surface area contributed by atoms with Crippen LogP contribution in [0, 0.1) is 3.57 Å². The average molecular weight is 345 g/mol. The Morgan fingerprint density at radius 2 is 2.47 bits per heavy atom. The van der Waals surface area contributed by atoms with Gasteiger partial charge >= 0.3 is 6.09 Å². The van der Waals surface area contributed by atoms with Gasteiger partial charge in [0.15, 0.2) is 0 Å². The topological polar surface area (TPSA) is 62.7 Å². The molecular weight excluding hydrogens is 333 g/mol. The number of rotatable bonds is 1. The number of carbonyl (C=O) groups is 1. The van der Waals surface area contributed by atoms with Crippen LogP contribution in [0.3, 0.4) is 0 Å². The molecule has 1 heterocycles. The van der Waals surface area contributed by atoms with Crippen LogP contribution in [0.1, 0.15) is 11.6 Å². The number of nitrogens with one attached hydrogen (secondary N) is 2. The lowest BCUT2D eigenvalue weighted by Crippen LogP contribution is -2.37. The molecular formula is C11H12IN3O2. The summed E-state index contributed by atoms with van der Waals surface area (Å²) in [5, 5.41) is 5.54. The van der Waals surface area contributed by atoms with E-state index in [1.807, 2.05) is 18.2 Å². The summed E-state index contributed by atoms with van der Waals surface area (Å²) in [7, 11) is 1.32. The van der Waals surface area contributed by atoms with E-state index in [1.54, 1.807) is 0 Å². The highest BCUT2D eigenvalue weighted by atomic mass is 127. The minimum absolute atomic E-state index is 0.0388. The van der Waals surface area contributed by atoms with Gasteiger partial charge in [-0.3, -0.25) is 5.32 Å². The Bertz CT molecular complexity index is 462. The van der Waals surface area contributed by atoms with Crippen molar-refractivity contribution in [2.75, 3.05) is 13.7 Å². The number of hydrogen-bond acceptors (Lipinski definition) is 4. The fourth-order valence-corrected chi connectivity index (χ4v) is 2.14. The molecule has 2 N–H and O–H groups in total. The van der Waals surface area contributed by atoms with Crippen LogP contribution < -0.4 is 10.6 Å². The Morgan fingerprint density at radius 3 is 3.18 bits per heavy atom. The fraction of sp³-hybridized carbons (Fsp3) is 0.273. The zero-order valence-corrected chi connectivity index (χ0v) is 11.4. The van der Waals surface area contributed by atoms with E-state index in [4.69, 9.17) is 0 Å². The smallest absolute Gasteiger partial charge is 0.413 e. The number of carbonyl (C=O) groups excluding carboxylic acids is 1. The molecule has 0 bridgehead atoms. The van der Waals surface area contributed by atoms with Gasteiger partial charge in [-0.2, -0.15) is 0 Å². The van der Waals surface area contributed by atoms with Gasteiger partial charge in [-0.15, -0.1) is 0 Å². The molecule has 0 aliphatic carbocycles. The van der Waals surface area contributed by atoms with Crippen LogP contribution in [-0.2, 0) is 4.74 Å². The molecule has 1 atom stereocenters. The second-order valence-corrected chi connectivity index (χ2v) is 4.79. The van der Waals surface area contributed by atoms with Gasteiger partial charge in [0.1, 0.15) is 0 Å². The minimum Gasteiger partial charge on any atom is -0.453 e. The molecule has 17 heavy (non-hydrogen) atoms. The van der Waals surface area contributed by atoms with Crippen LogP contribution in [0.4, 0.5) is 4.79 Å². The Morgan fingerprint density at radius 1 is 1.65 bits per heavy atom. The molecule has 1 amide bonds. The van der Waals surface area contributed by atoms with E-state index in [0.717, 1.165) is 5.56 Å². The van der Waals surface area contributed by atoms with Gasteiger partial charge in [0, 0.05) is 10.1 Å². The second-order valence-electron chi connectivity index (χ2n) is 3.55. The summed E-state index contributed by atoms with van der Waals surface area (Å²) >= 11 is 2.26. The van der Waals surface area contributed by atoms with Crippen LogP contribution in [0.2, 0.25) is 0 Å². The lowest BCUT2D eigenvalue weighted by molar-refractivity contribution is 0.176. The normalized spacial score (nSPS) is 18.2. The van der Waals surface area contributed by atoms with Crippen molar-refractivity contribution in [1.82, 2.24) is 10.6 Å². The van der Waals surface area contributed by atoms with Gasteiger partial charge in [-0.25, -0.2) is 9.79 Å². The number of hydrogen-bond donors (Lipinski definition) is 2. The number of aliphatic imine (C=N–C) groups is 1. The number of methoxy groups -OCH3 is 1. The van der Waals surface area contributed by atoms with Gasteiger partial charge in [0.2, 0.25) is 5.96 Å². The van der Waals surface area contributed by atoms with E-state index in [1.165, 1.54) is 10.7 Å². The molecule has 0 aromatic heterocycles. The first-order valence-electron chi connectivity index (χ1n) is 5.11. The van der Waals surface area contributed by atoms with E-state index in [2.05, 4.69) is 49.0 Å². The van der Waals surface area contributed by atoms with E-state index >= 15 is 0 Å². The monoisotopic (exact) mass is 345 g/mol. The van der Waals surface area contributed by atoms with Gasteiger partial charge < -0.3 is 10.1 Å². The number of halogens is 1. The summed E-state index contributed by atoms with van der Waals surface area (Å²) in [6.45, 7) is 0.680. The molecule has 2 rings (SSSR count). The fourth-order valence-electron chi connectivity index (χ4n) is 1.57. The molecule has 1 aliphatic rings. The second kappa shape index (κ2) is 5.35. The van der Waals surface area contributed by atoms with Gasteiger partial charge in [-0.1, -0.05) is 12.1 Å². The molecule has 90 valence electrons. The number of amides is 1. The maximum Gasteiger partial charge on any atom is 0.413 e. The standard InChI is InChI=1S/C11H12IN3O2/c1-17-11(16)15-10-13-6-9(14-10)7-3-2-4-8(12)5-7/h2-5,9H,6H2,1H3,(H2,13,14,15,16). The van der Waals surface area contributed by atoms with Crippen molar-refractivity contribution in [3.63, 3.8) is 0 Å². The van der Waals surface area contributed by atoms with E-state index in [0.29, 0.717) is 12.5 Å². The molecule has 1 aliphatic heterocycles. The molecule has 0 spiro atoms. The number of alkyl carbamates (subject to hydrolysis) is 1. The van der Waals surface area contributed by atoms with Crippen molar-refractivity contribution in [2.45, 2.75) is 6.04 Å². The summed E-state index contributed by atoms with van der Waals surface area (Å²) in [6.07, 6.45) is -0.514. The third kappa shape index (κ3) is 3.09. The largest absolute Gasteiger partial charge is 0.453 e. The Hall–Kier alpha value is -1.31. The van der Waals surface area contributed by atoms with Crippen LogP contribution in [-0.4, -0.2) is 25.7 Å². The predicted octanol–water partition coefficient (Wildman–Crippen LogP) is 1.65. The first kappa shape index (κ1) is 12.2. The molecule has 0 saturated carbocycles. The lowest BCUT2D eigenvalue weighted by Gasteiger charge is -2.05.